The molecule has 86 valence electrons. The van der Waals surface area contributed by atoms with Crippen molar-refractivity contribution in [3.63, 3.8) is 0 Å². The van der Waals surface area contributed by atoms with Gasteiger partial charge in [0.15, 0.2) is 0 Å². The fourth-order valence-corrected chi connectivity index (χ4v) is 1.85. The topological polar surface area (TPSA) is 47.1 Å². The van der Waals surface area contributed by atoms with Crippen LogP contribution in [0.5, 0.6) is 0 Å². The first-order valence-electron chi connectivity index (χ1n) is 5.42. The third-order valence-electron chi connectivity index (χ3n) is 2.89. The molecule has 1 atom stereocenters. The molecule has 0 aliphatic carbocycles. The molecular formula is C11H22N4. The molecule has 1 heterocycles. The van der Waals surface area contributed by atoms with Gasteiger partial charge in [0.05, 0.1) is 6.54 Å². The van der Waals surface area contributed by atoms with Crippen molar-refractivity contribution in [3.05, 3.63) is 18.2 Å². The molecule has 0 aliphatic rings. The summed E-state index contributed by atoms with van der Waals surface area (Å²) in [6.07, 6.45) is 3.80. The van der Waals surface area contributed by atoms with Crippen molar-refractivity contribution < 1.29 is 0 Å². The van der Waals surface area contributed by atoms with E-state index in [4.69, 9.17) is 5.73 Å². The molecule has 4 heteroatoms. The number of imidazole rings is 1. The predicted octanol–water partition coefficient (Wildman–Crippen LogP) is 0.835. The first-order valence-corrected chi connectivity index (χ1v) is 5.42. The highest BCUT2D eigenvalue weighted by Gasteiger charge is 2.17. The van der Waals surface area contributed by atoms with Crippen LogP contribution in [0.15, 0.2) is 12.4 Å². The van der Waals surface area contributed by atoms with Gasteiger partial charge < -0.3 is 10.3 Å². The molecule has 15 heavy (non-hydrogen) atoms. The van der Waals surface area contributed by atoms with Gasteiger partial charge in [-0.15, -0.1) is 0 Å². The Balaban J connectivity index is 2.62. The Kier molecular flexibility index (Phi) is 4.29. The smallest absolute Gasteiger partial charge is 0.122 e. The Bertz CT molecular complexity index is 293. The Hall–Kier alpha value is -0.870. The second kappa shape index (κ2) is 5.28. The minimum atomic E-state index is 0.418. The van der Waals surface area contributed by atoms with Crippen LogP contribution < -0.4 is 5.73 Å². The first kappa shape index (κ1) is 12.2. The van der Waals surface area contributed by atoms with Crippen LogP contribution in [0.1, 0.15) is 19.7 Å². The number of nitrogens with zero attached hydrogens (tertiary/aromatic N) is 3. The molecule has 0 aromatic carbocycles. The Morgan fingerprint density at radius 1 is 1.53 bits per heavy atom. The van der Waals surface area contributed by atoms with Gasteiger partial charge in [-0.3, -0.25) is 4.90 Å². The van der Waals surface area contributed by atoms with Gasteiger partial charge in [-0.2, -0.15) is 0 Å². The van der Waals surface area contributed by atoms with E-state index in [9.17, 15) is 0 Å². The van der Waals surface area contributed by atoms with Crippen molar-refractivity contribution in [1.82, 2.24) is 14.5 Å². The Labute approximate surface area is 92.1 Å². The summed E-state index contributed by atoms with van der Waals surface area (Å²) in [6, 6.07) is 0.418. The monoisotopic (exact) mass is 210 g/mol. The zero-order valence-corrected chi connectivity index (χ0v) is 10.1. The maximum atomic E-state index is 5.77. The van der Waals surface area contributed by atoms with Crippen molar-refractivity contribution in [2.24, 2.45) is 18.7 Å². The molecule has 4 nitrogen and oxygen atoms in total. The molecule has 1 unspecified atom stereocenters. The molecule has 0 saturated heterocycles. The van der Waals surface area contributed by atoms with Gasteiger partial charge >= 0.3 is 0 Å². The molecule has 2 N–H and O–H groups in total. The predicted molar refractivity (Wildman–Crippen MR) is 62.4 cm³/mol. The summed E-state index contributed by atoms with van der Waals surface area (Å²) in [5, 5.41) is 0. The van der Waals surface area contributed by atoms with E-state index in [-0.39, 0.29) is 0 Å². The van der Waals surface area contributed by atoms with Crippen LogP contribution in [-0.2, 0) is 13.6 Å². The third kappa shape index (κ3) is 3.04. The van der Waals surface area contributed by atoms with Gasteiger partial charge in [-0.25, -0.2) is 4.98 Å². The SMILES string of the molecule is CC(C)C(CN)N(C)Cc1nccn1C. The molecule has 0 bridgehead atoms. The summed E-state index contributed by atoms with van der Waals surface area (Å²) in [4.78, 5) is 6.58. The van der Waals surface area contributed by atoms with E-state index >= 15 is 0 Å². The zero-order chi connectivity index (χ0) is 11.4. The Morgan fingerprint density at radius 3 is 2.60 bits per heavy atom. The lowest BCUT2D eigenvalue weighted by atomic mass is 10.0. The maximum absolute atomic E-state index is 5.77. The lowest BCUT2D eigenvalue weighted by molar-refractivity contribution is 0.184. The van der Waals surface area contributed by atoms with Crippen molar-refractivity contribution in [1.29, 1.82) is 0 Å². The van der Waals surface area contributed by atoms with Crippen LogP contribution >= 0.6 is 0 Å². The minimum Gasteiger partial charge on any atom is -0.337 e. The van der Waals surface area contributed by atoms with Crippen LogP contribution in [0, 0.1) is 5.92 Å². The average molecular weight is 210 g/mol. The number of aryl methyl sites for hydroxylation is 1. The summed E-state index contributed by atoms with van der Waals surface area (Å²) >= 11 is 0. The molecule has 1 rings (SSSR count). The van der Waals surface area contributed by atoms with E-state index < -0.39 is 0 Å². The molecule has 0 amide bonds. The van der Waals surface area contributed by atoms with Crippen LogP contribution in [0.3, 0.4) is 0 Å². The average Bonchev–Trinajstić information content (AvgIpc) is 2.52. The second-order valence-corrected chi connectivity index (χ2v) is 4.42. The molecule has 0 saturated carbocycles. The largest absolute Gasteiger partial charge is 0.337 e. The molecule has 0 aliphatic heterocycles. The van der Waals surface area contributed by atoms with Gasteiger partial charge in [0.25, 0.3) is 0 Å². The number of aromatic nitrogens is 2. The summed E-state index contributed by atoms with van der Waals surface area (Å²) in [7, 11) is 4.12. The van der Waals surface area contributed by atoms with Gasteiger partial charge in [0.1, 0.15) is 5.82 Å². The summed E-state index contributed by atoms with van der Waals surface area (Å²) in [5.74, 6) is 1.65. The van der Waals surface area contributed by atoms with Crippen molar-refractivity contribution in [2.75, 3.05) is 13.6 Å². The number of rotatable bonds is 5. The quantitative estimate of drug-likeness (QED) is 0.783. The molecule has 1 aromatic heterocycles. The van der Waals surface area contributed by atoms with E-state index in [1.165, 1.54) is 0 Å². The fourth-order valence-electron chi connectivity index (χ4n) is 1.85. The number of hydrogen-bond acceptors (Lipinski definition) is 3. The molecular weight excluding hydrogens is 188 g/mol. The second-order valence-electron chi connectivity index (χ2n) is 4.42. The fraction of sp³-hybridized carbons (Fsp3) is 0.727. The van der Waals surface area contributed by atoms with Crippen LogP contribution in [-0.4, -0.2) is 34.1 Å². The van der Waals surface area contributed by atoms with Crippen LogP contribution in [0.4, 0.5) is 0 Å². The summed E-state index contributed by atoms with van der Waals surface area (Å²) in [6.45, 7) is 5.95. The molecule has 0 radical (unpaired) electrons. The lowest BCUT2D eigenvalue weighted by Crippen LogP contribution is -2.41. The molecule has 0 fully saturated rings. The maximum Gasteiger partial charge on any atom is 0.122 e. The standard InChI is InChI=1S/C11H22N4/c1-9(2)10(7-12)15(4)8-11-13-5-6-14(11)3/h5-6,9-10H,7-8,12H2,1-4H3. The van der Waals surface area contributed by atoms with Gasteiger partial charge in [0, 0.05) is 32.0 Å². The van der Waals surface area contributed by atoms with Gasteiger partial charge in [-0.05, 0) is 13.0 Å². The highest BCUT2D eigenvalue weighted by Crippen LogP contribution is 2.10. The van der Waals surface area contributed by atoms with E-state index in [0.717, 1.165) is 12.4 Å². The molecule has 0 spiro atoms. The number of hydrogen-bond donors (Lipinski definition) is 1. The first-order chi connectivity index (χ1) is 7.06. The van der Waals surface area contributed by atoms with Crippen molar-refractivity contribution >= 4 is 0 Å². The van der Waals surface area contributed by atoms with Crippen LogP contribution in [0.2, 0.25) is 0 Å². The minimum absolute atomic E-state index is 0.418. The summed E-state index contributed by atoms with van der Waals surface area (Å²) < 4.78 is 2.05. The van der Waals surface area contributed by atoms with Crippen molar-refractivity contribution in [3.8, 4) is 0 Å². The van der Waals surface area contributed by atoms with Gasteiger partial charge in [0.2, 0.25) is 0 Å². The van der Waals surface area contributed by atoms with Gasteiger partial charge in [-0.1, -0.05) is 13.8 Å². The lowest BCUT2D eigenvalue weighted by Gasteiger charge is -2.29. The third-order valence-corrected chi connectivity index (χ3v) is 2.89. The van der Waals surface area contributed by atoms with E-state index in [0.29, 0.717) is 18.5 Å². The van der Waals surface area contributed by atoms with E-state index in [1.54, 1.807) is 0 Å². The summed E-state index contributed by atoms with van der Waals surface area (Å²) in [5.41, 5.74) is 5.77. The van der Waals surface area contributed by atoms with Crippen LogP contribution in [0.25, 0.3) is 0 Å². The zero-order valence-electron chi connectivity index (χ0n) is 10.1. The number of nitrogens with two attached hydrogens (primary N) is 1. The van der Waals surface area contributed by atoms with Crippen molar-refractivity contribution in [2.45, 2.75) is 26.4 Å². The number of likely N-dealkylation sites (N-methyl/N-ethyl adjacent to an activating group) is 1. The van der Waals surface area contributed by atoms with E-state index in [1.807, 2.05) is 24.0 Å². The molecule has 1 aromatic rings. The van der Waals surface area contributed by atoms with E-state index in [2.05, 4.69) is 30.8 Å². The normalized spacial score (nSPS) is 13.8. The highest BCUT2D eigenvalue weighted by molar-refractivity contribution is 4.91. The highest BCUT2D eigenvalue weighted by atomic mass is 15.2. The Morgan fingerprint density at radius 2 is 2.20 bits per heavy atom.